The van der Waals surface area contributed by atoms with E-state index in [1.807, 2.05) is 101 Å². The number of nitro benzene ring substituents is 2. The summed E-state index contributed by atoms with van der Waals surface area (Å²) in [6.07, 6.45) is 7.76. The average Bonchev–Trinajstić information content (AvgIpc) is 0.806. The molecule has 4 saturated heterocycles. The molecule has 6 N–H and O–H groups in total. The molecule has 6 aromatic rings. The van der Waals surface area contributed by atoms with Crippen molar-refractivity contribution in [1.29, 1.82) is 0 Å². The minimum atomic E-state index is -1.24. The van der Waals surface area contributed by atoms with Crippen molar-refractivity contribution in [2.75, 3.05) is 39.5 Å². The van der Waals surface area contributed by atoms with Crippen LogP contribution in [0.4, 0.5) is 11.4 Å². The topological polar surface area (TPSA) is 433 Å². The summed E-state index contributed by atoms with van der Waals surface area (Å²) in [6.45, 7) is 25.1. The first-order chi connectivity index (χ1) is 54.6. The molecule has 4 aromatic carbocycles. The van der Waals surface area contributed by atoms with Gasteiger partial charge in [0.1, 0.15) is 53.0 Å². The van der Waals surface area contributed by atoms with Gasteiger partial charge in [-0.1, -0.05) is 113 Å². The maximum atomic E-state index is 14.1. The number of fused-ring (bicyclic) bond motifs is 5. The number of aliphatic carboxylic acids is 1. The first-order valence-corrected chi connectivity index (χ1v) is 38.6. The lowest BCUT2D eigenvalue weighted by Crippen LogP contribution is -2.60. The lowest BCUT2D eigenvalue weighted by atomic mass is 9.77. The number of hydrogen-bond acceptors (Lipinski definition) is 25. The van der Waals surface area contributed by atoms with Crippen LogP contribution < -0.4 is 21.5 Å². The second-order valence-corrected chi connectivity index (χ2v) is 31.6. The molecule has 5 bridgehead atoms. The van der Waals surface area contributed by atoms with Gasteiger partial charge in [0.15, 0.2) is 11.6 Å². The van der Waals surface area contributed by atoms with Gasteiger partial charge in [-0.15, -0.1) is 0 Å². The molecule has 4 amide bonds. The Hall–Kier alpha value is -11.0. The third kappa shape index (κ3) is 21.9. The number of carboxylic acid groups (broad SMARTS) is 1. The molecule has 116 heavy (non-hydrogen) atoms. The van der Waals surface area contributed by atoms with Gasteiger partial charge in [-0.3, -0.25) is 73.6 Å². The van der Waals surface area contributed by atoms with Crippen LogP contribution in [0.3, 0.4) is 0 Å². The predicted octanol–water partition coefficient (Wildman–Crippen LogP) is 10.4. The Morgan fingerprint density at radius 2 is 1.29 bits per heavy atom. The molecular weight excluding hydrogens is 1500 g/mol. The van der Waals surface area contributed by atoms with Crippen molar-refractivity contribution in [3.8, 4) is 0 Å². The third-order valence-corrected chi connectivity index (χ3v) is 21.2. The number of aromatic nitrogens is 2. The molecule has 8 atom stereocenters. The zero-order valence-corrected chi connectivity index (χ0v) is 67.5. The van der Waals surface area contributed by atoms with Gasteiger partial charge in [-0.05, 0) is 153 Å². The summed E-state index contributed by atoms with van der Waals surface area (Å²) in [7, 11) is 0. The molecule has 11 rings (SSSR count). The van der Waals surface area contributed by atoms with Crippen LogP contribution in [0.1, 0.15) is 188 Å². The summed E-state index contributed by atoms with van der Waals surface area (Å²) in [5, 5.41) is 51.4. The van der Waals surface area contributed by atoms with E-state index in [1.54, 1.807) is 67.5 Å². The summed E-state index contributed by atoms with van der Waals surface area (Å²) < 4.78 is 34.4. The smallest absolute Gasteiger partial charge is 0.353 e. The number of nitrogens with one attached hydrogen (secondary N) is 4. The van der Waals surface area contributed by atoms with Gasteiger partial charge < -0.3 is 49.3 Å². The number of aryl methyl sites for hydroxylation is 2. The number of rotatable bonds is 16. The molecule has 0 radical (unpaired) electrons. The van der Waals surface area contributed by atoms with E-state index >= 15 is 0 Å². The first kappa shape index (κ1) is 88.9. The number of carbonyl (C=O) groups excluding carboxylic acids is 9. The number of amides is 4. The zero-order chi connectivity index (χ0) is 85.1. The molecule has 4 fully saturated rings. The van der Waals surface area contributed by atoms with Crippen molar-refractivity contribution in [2.24, 2.45) is 34.5 Å². The molecule has 5 aliphatic heterocycles. The fourth-order valence-electron chi connectivity index (χ4n) is 13.7. The molecule has 1 spiro atoms. The van der Waals surface area contributed by atoms with Crippen LogP contribution >= 0.6 is 0 Å². The van der Waals surface area contributed by atoms with E-state index in [4.69, 9.17) is 28.7 Å². The maximum absolute atomic E-state index is 14.1. The Bertz CT molecular complexity index is 4730. The number of carboxylic acids is 1. The number of esters is 3. The molecule has 7 heterocycles. The molecule has 2 aromatic heterocycles. The number of hydrogen-bond donors (Lipinski definition) is 6. The number of carbonyl (C=O) groups is 10. The molecule has 32 nitrogen and oxygen atoms in total. The van der Waals surface area contributed by atoms with Crippen LogP contribution in [0.2, 0.25) is 0 Å². The Balaban J connectivity index is 0.000000208. The Kier molecular flexibility index (Phi) is 28.9. The van der Waals surface area contributed by atoms with Gasteiger partial charge in [-0.25, -0.2) is 25.4 Å². The van der Waals surface area contributed by atoms with Crippen molar-refractivity contribution in [1.82, 2.24) is 41.5 Å². The molecule has 32 heteroatoms. The SMILES string of the molecule is CC(C)[C@@H]1CC(=O)C2(/C=C/c3ccc4ccc(nc4c3)[C@@H](C)OC(=O)[C@@H]3CCCN(N3)C(=O)[C@H](C)NC1=O)COC(C)(C)OC2.CC(C)[C@H](CC(=O)C1(/C=C/c2ccc3ccc([C@@H](C)O)nc3c2)COC(C)(C)OC1)C(=O)N[C@@H](C)C(=O)N1CCC[C@@H](C(=O)O)N1.Cc1cccc([N+](=O)[O-])c1C(=O)OC(=O)c1c(C)cccc1[N+](=O)[O-]. The minimum absolute atomic E-state index is 0.0556. The summed E-state index contributed by atoms with van der Waals surface area (Å²) in [5.41, 5.74) is 6.29. The van der Waals surface area contributed by atoms with Crippen LogP contribution in [-0.2, 0) is 66.8 Å². The Morgan fingerprint density at radius 3 is 1.87 bits per heavy atom. The number of nitrogens with zero attached hydrogens (tertiary/aromatic N) is 6. The number of nitro groups is 2. The van der Waals surface area contributed by atoms with E-state index in [9.17, 15) is 78.4 Å². The van der Waals surface area contributed by atoms with Gasteiger partial charge >= 0.3 is 23.9 Å². The van der Waals surface area contributed by atoms with E-state index in [-0.39, 0.29) is 96.7 Å². The second-order valence-electron chi connectivity index (χ2n) is 31.6. The Labute approximate surface area is 671 Å². The van der Waals surface area contributed by atoms with Gasteiger partial charge in [0, 0.05) is 60.7 Å². The van der Waals surface area contributed by atoms with Crippen molar-refractivity contribution in [3.05, 3.63) is 174 Å². The number of pyridine rings is 2. The monoisotopic (exact) mass is 1600 g/mol. The number of hydrazine groups is 2. The van der Waals surface area contributed by atoms with E-state index < -0.39 is 128 Å². The fourth-order valence-corrected chi connectivity index (χ4v) is 13.7. The summed E-state index contributed by atoms with van der Waals surface area (Å²) in [5.74, 6) is -9.66. The lowest BCUT2D eigenvalue weighted by Gasteiger charge is -2.41. The van der Waals surface area contributed by atoms with E-state index in [1.165, 1.54) is 48.1 Å². The predicted molar refractivity (Wildman–Crippen MR) is 423 cm³/mol. The first-order valence-electron chi connectivity index (χ1n) is 38.6. The molecular formula is C84H102N10O22. The van der Waals surface area contributed by atoms with Crippen molar-refractivity contribution in [2.45, 2.75) is 183 Å². The largest absolute Gasteiger partial charge is 0.480 e. The lowest BCUT2D eigenvalue weighted by molar-refractivity contribution is -0.385. The zero-order valence-electron chi connectivity index (χ0n) is 67.5. The molecule has 0 aliphatic carbocycles. The van der Waals surface area contributed by atoms with Crippen LogP contribution in [0.5, 0.6) is 0 Å². The highest BCUT2D eigenvalue weighted by Crippen LogP contribution is 2.39. The van der Waals surface area contributed by atoms with Crippen LogP contribution in [0, 0.1) is 68.6 Å². The highest BCUT2D eigenvalue weighted by molar-refractivity contribution is 6.07. The summed E-state index contributed by atoms with van der Waals surface area (Å²) in [6, 6.07) is 23.4. The normalized spacial score (nSPS) is 21.9. The highest BCUT2D eigenvalue weighted by Gasteiger charge is 2.48. The van der Waals surface area contributed by atoms with Crippen molar-refractivity contribution < 1.29 is 96.4 Å². The second kappa shape index (κ2) is 37.7. The number of ketones is 2. The fraction of sp³-hybridized carbons (Fsp3) is 0.476. The molecule has 620 valence electrons. The Morgan fingerprint density at radius 1 is 0.724 bits per heavy atom. The third-order valence-electron chi connectivity index (χ3n) is 21.2. The van der Waals surface area contributed by atoms with Gasteiger partial charge in [0.05, 0.1) is 75.6 Å². The number of cyclic esters (lactones) is 1. The summed E-state index contributed by atoms with van der Waals surface area (Å²) >= 11 is 0. The average molecular weight is 1600 g/mol. The maximum Gasteiger partial charge on any atom is 0.353 e. The number of Topliss-reactive ketones (excluding diaryl/α,β-unsaturated/α-hetero) is 2. The van der Waals surface area contributed by atoms with Gasteiger partial charge in [0.2, 0.25) is 11.8 Å². The molecule has 0 unspecified atom stereocenters. The van der Waals surface area contributed by atoms with Crippen molar-refractivity contribution in [3.63, 3.8) is 0 Å². The summed E-state index contributed by atoms with van der Waals surface area (Å²) in [4.78, 5) is 161. The van der Waals surface area contributed by atoms with Crippen LogP contribution in [0.15, 0.2) is 109 Å². The highest BCUT2D eigenvalue weighted by atomic mass is 16.7. The van der Waals surface area contributed by atoms with Crippen LogP contribution in [-0.4, -0.2) is 174 Å². The van der Waals surface area contributed by atoms with E-state index in [2.05, 4.69) is 31.2 Å². The molecule has 5 aliphatic rings. The number of aliphatic hydroxyl groups excluding tert-OH is 1. The number of benzene rings is 4. The van der Waals surface area contributed by atoms with E-state index in [0.29, 0.717) is 61.2 Å². The molecule has 0 saturated carbocycles. The number of ether oxygens (including phenoxy) is 6. The number of aliphatic hydroxyl groups is 1. The van der Waals surface area contributed by atoms with Crippen molar-refractivity contribution >= 4 is 104 Å². The van der Waals surface area contributed by atoms with Gasteiger partial charge in [-0.2, -0.15) is 0 Å². The van der Waals surface area contributed by atoms with Gasteiger partial charge in [0.25, 0.3) is 23.2 Å². The van der Waals surface area contributed by atoms with Crippen LogP contribution in [0.25, 0.3) is 34.0 Å². The standard InChI is InChI=1S/C34H46N4O8.C34H44N4O7.C16H12N2O7/c1-20(2)25(30(41)35-21(3)31(42)38-15-7-8-27(37-38)32(43)44)17-29(40)34(18-45-33(5,6)46-19-34)14-13-23-9-10-24-11-12-26(22(4)39)36-28(24)16-23;1-20(2)25-17-29(39)34(18-43-33(5,6)44-19-34)14-13-23-9-10-24-11-12-26(36-28(24)16-23)22(4)45-32(42)27-8-7-15-38(37-27)31(41)21(3)35-30(25)40;1-9-5-3-7-11(17(21)22)13(9)15(19)25-16(20)14-10(2)6-4-8-12(14)18(23)24/h9-14,16,20-22,25,27,37,39H,7-8,15,17-19H2,1-6H3,(H,35,41)(H,43,44);9-14,16,20-22,25,27,37H,7-8,15,17-19H2,1-6H3,(H,35,40);3-8H,1-2H3/b2*14-13+;/t2*21-,22+,25-,27-;/m00./s1. The van der Waals surface area contributed by atoms with E-state index in [0.717, 1.165) is 34.0 Å². The minimum Gasteiger partial charge on any atom is -0.480 e. The quantitative estimate of drug-likeness (QED) is 0.0227.